The predicted molar refractivity (Wildman–Crippen MR) is 83.3 cm³/mol. The van der Waals surface area contributed by atoms with E-state index in [4.69, 9.17) is 17.3 Å². The molecule has 2 aromatic carbocycles. The molecule has 0 saturated carbocycles. The molecule has 0 spiro atoms. The summed E-state index contributed by atoms with van der Waals surface area (Å²) in [5.41, 5.74) is 8.82. The Labute approximate surface area is 123 Å². The molecule has 3 N–H and O–H groups in total. The van der Waals surface area contributed by atoms with Crippen molar-refractivity contribution < 1.29 is 4.79 Å². The number of anilines is 1. The summed E-state index contributed by atoms with van der Waals surface area (Å²) < 4.78 is 0. The number of rotatable bonds is 4. The van der Waals surface area contributed by atoms with Gasteiger partial charge in [0.2, 0.25) is 0 Å². The van der Waals surface area contributed by atoms with E-state index in [9.17, 15) is 4.79 Å². The van der Waals surface area contributed by atoms with E-state index in [0.29, 0.717) is 22.8 Å². The van der Waals surface area contributed by atoms with Gasteiger partial charge >= 0.3 is 0 Å². The monoisotopic (exact) mass is 288 g/mol. The Morgan fingerprint density at radius 1 is 1.20 bits per heavy atom. The molecule has 0 unspecified atom stereocenters. The Morgan fingerprint density at radius 2 is 1.90 bits per heavy atom. The number of nitrogens with one attached hydrogen (secondary N) is 1. The molecule has 0 fully saturated rings. The summed E-state index contributed by atoms with van der Waals surface area (Å²) in [6.45, 7) is 2.51. The van der Waals surface area contributed by atoms with Gasteiger partial charge < -0.3 is 11.1 Å². The first kappa shape index (κ1) is 14.6. The van der Waals surface area contributed by atoms with E-state index in [1.807, 2.05) is 31.2 Å². The number of para-hydroxylation sites is 1. The van der Waals surface area contributed by atoms with Crippen LogP contribution in [-0.4, -0.2) is 12.5 Å². The van der Waals surface area contributed by atoms with Gasteiger partial charge in [0.25, 0.3) is 5.91 Å². The van der Waals surface area contributed by atoms with Gasteiger partial charge in [-0.05, 0) is 49.2 Å². The summed E-state index contributed by atoms with van der Waals surface area (Å²) in [4.78, 5) is 12.2. The summed E-state index contributed by atoms with van der Waals surface area (Å²) in [6, 6.07) is 13.0. The van der Waals surface area contributed by atoms with Gasteiger partial charge in [0.05, 0.1) is 10.7 Å². The number of carbonyl (C=O) groups is 1. The van der Waals surface area contributed by atoms with Crippen LogP contribution in [0.15, 0.2) is 42.5 Å². The predicted octanol–water partition coefficient (Wildman–Crippen LogP) is 3.40. The lowest BCUT2D eigenvalue weighted by molar-refractivity contribution is 0.102. The average Bonchev–Trinajstić information content (AvgIpc) is 2.44. The molecule has 0 saturated heterocycles. The van der Waals surface area contributed by atoms with Crippen molar-refractivity contribution in [2.45, 2.75) is 13.3 Å². The summed E-state index contributed by atoms with van der Waals surface area (Å²) in [5.74, 6) is -0.166. The minimum Gasteiger partial charge on any atom is -0.330 e. The Morgan fingerprint density at radius 3 is 2.50 bits per heavy atom. The summed E-state index contributed by atoms with van der Waals surface area (Å²) in [6.07, 6.45) is 0.811. The summed E-state index contributed by atoms with van der Waals surface area (Å²) >= 11 is 6.10. The minimum absolute atomic E-state index is 0.166. The van der Waals surface area contributed by atoms with Gasteiger partial charge in [0.1, 0.15) is 0 Å². The first-order valence-electron chi connectivity index (χ1n) is 6.47. The highest BCUT2D eigenvalue weighted by Crippen LogP contribution is 2.25. The zero-order valence-corrected chi connectivity index (χ0v) is 12.1. The van der Waals surface area contributed by atoms with Gasteiger partial charge in [-0.25, -0.2) is 0 Å². The van der Waals surface area contributed by atoms with Crippen molar-refractivity contribution in [2.24, 2.45) is 5.73 Å². The molecule has 20 heavy (non-hydrogen) atoms. The van der Waals surface area contributed by atoms with Crippen molar-refractivity contribution in [2.75, 3.05) is 11.9 Å². The highest BCUT2D eigenvalue weighted by Gasteiger charge is 2.10. The van der Waals surface area contributed by atoms with E-state index < -0.39 is 0 Å². The zero-order chi connectivity index (χ0) is 14.5. The van der Waals surface area contributed by atoms with Gasteiger partial charge in [-0.2, -0.15) is 0 Å². The van der Waals surface area contributed by atoms with Crippen molar-refractivity contribution >= 4 is 23.2 Å². The number of hydrogen-bond acceptors (Lipinski definition) is 2. The first-order chi connectivity index (χ1) is 9.61. The molecule has 1 amide bonds. The van der Waals surface area contributed by atoms with E-state index in [0.717, 1.165) is 17.5 Å². The molecule has 0 aliphatic carbocycles. The fraction of sp³-hybridized carbons (Fsp3) is 0.188. The number of nitrogens with two attached hydrogens (primary N) is 1. The lowest BCUT2D eigenvalue weighted by Crippen LogP contribution is -2.13. The van der Waals surface area contributed by atoms with Crippen LogP contribution in [0, 0.1) is 6.92 Å². The van der Waals surface area contributed by atoms with Crippen molar-refractivity contribution in [1.29, 1.82) is 0 Å². The number of hydrogen-bond donors (Lipinski definition) is 2. The van der Waals surface area contributed by atoms with Crippen LogP contribution < -0.4 is 11.1 Å². The fourth-order valence-corrected chi connectivity index (χ4v) is 2.23. The average molecular weight is 289 g/mol. The second-order valence-electron chi connectivity index (χ2n) is 4.62. The standard InChI is InChI=1S/C16H17ClN2O/c1-11-3-2-4-14(17)15(11)19-16(20)13-7-5-12(6-8-13)9-10-18/h2-8H,9-10,18H2,1H3,(H,19,20). The van der Waals surface area contributed by atoms with Crippen LogP contribution in [0.3, 0.4) is 0 Å². The van der Waals surface area contributed by atoms with Gasteiger partial charge in [0.15, 0.2) is 0 Å². The molecule has 0 heterocycles. The third kappa shape index (κ3) is 3.38. The molecule has 0 aliphatic heterocycles. The zero-order valence-electron chi connectivity index (χ0n) is 11.3. The number of carbonyl (C=O) groups excluding carboxylic acids is 1. The molecule has 2 rings (SSSR count). The lowest BCUT2D eigenvalue weighted by Gasteiger charge is -2.10. The maximum absolute atomic E-state index is 12.2. The summed E-state index contributed by atoms with van der Waals surface area (Å²) in [7, 11) is 0. The van der Waals surface area contributed by atoms with Crippen molar-refractivity contribution in [3.8, 4) is 0 Å². The molecule has 2 aromatic rings. The number of benzene rings is 2. The molecule has 0 aromatic heterocycles. The van der Waals surface area contributed by atoms with Gasteiger partial charge in [-0.3, -0.25) is 4.79 Å². The summed E-state index contributed by atoms with van der Waals surface area (Å²) in [5, 5.41) is 3.39. The third-order valence-electron chi connectivity index (χ3n) is 3.11. The van der Waals surface area contributed by atoms with Crippen molar-refractivity contribution in [1.82, 2.24) is 0 Å². The molecule has 3 nitrogen and oxygen atoms in total. The molecule has 0 aliphatic rings. The maximum Gasteiger partial charge on any atom is 0.255 e. The van der Waals surface area contributed by atoms with E-state index in [1.54, 1.807) is 18.2 Å². The molecule has 4 heteroatoms. The number of halogens is 1. The van der Waals surface area contributed by atoms with Gasteiger partial charge in [-0.15, -0.1) is 0 Å². The highest BCUT2D eigenvalue weighted by atomic mass is 35.5. The van der Waals surface area contributed by atoms with E-state index in [-0.39, 0.29) is 5.91 Å². The number of amides is 1. The van der Waals surface area contributed by atoms with Crippen LogP contribution in [0.5, 0.6) is 0 Å². The van der Waals surface area contributed by atoms with Gasteiger partial charge in [0, 0.05) is 5.56 Å². The number of aryl methyl sites for hydroxylation is 1. The molecule has 0 bridgehead atoms. The minimum atomic E-state index is -0.166. The fourth-order valence-electron chi connectivity index (χ4n) is 1.97. The first-order valence-corrected chi connectivity index (χ1v) is 6.85. The van der Waals surface area contributed by atoms with Crippen LogP contribution in [0.4, 0.5) is 5.69 Å². The van der Waals surface area contributed by atoms with E-state index >= 15 is 0 Å². The van der Waals surface area contributed by atoms with Crippen molar-refractivity contribution in [3.63, 3.8) is 0 Å². The van der Waals surface area contributed by atoms with Crippen LogP contribution in [0.1, 0.15) is 21.5 Å². The Balaban J connectivity index is 2.16. The Kier molecular flexibility index (Phi) is 4.77. The molecular weight excluding hydrogens is 272 g/mol. The quantitative estimate of drug-likeness (QED) is 0.906. The van der Waals surface area contributed by atoms with Crippen LogP contribution in [0.25, 0.3) is 0 Å². The Hall–Kier alpha value is -1.84. The Bertz CT molecular complexity index is 588. The van der Waals surface area contributed by atoms with Crippen LogP contribution >= 0.6 is 11.6 Å². The largest absolute Gasteiger partial charge is 0.330 e. The molecular formula is C16H17ClN2O. The van der Waals surface area contributed by atoms with Crippen LogP contribution in [0.2, 0.25) is 5.02 Å². The van der Waals surface area contributed by atoms with Crippen LogP contribution in [-0.2, 0) is 6.42 Å². The third-order valence-corrected chi connectivity index (χ3v) is 3.42. The second-order valence-corrected chi connectivity index (χ2v) is 5.03. The topological polar surface area (TPSA) is 55.1 Å². The van der Waals surface area contributed by atoms with E-state index in [2.05, 4.69) is 5.32 Å². The second kappa shape index (κ2) is 6.55. The van der Waals surface area contributed by atoms with Crippen molar-refractivity contribution in [3.05, 3.63) is 64.2 Å². The lowest BCUT2D eigenvalue weighted by atomic mass is 10.1. The molecule has 0 atom stereocenters. The smallest absolute Gasteiger partial charge is 0.255 e. The normalized spacial score (nSPS) is 10.3. The van der Waals surface area contributed by atoms with E-state index in [1.165, 1.54) is 0 Å². The maximum atomic E-state index is 12.2. The SMILES string of the molecule is Cc1cccc(Cl)c1NC(=O)c1ccc(CCN)cc1. The highest BCUT2D eigenvalue weighted by molar-refractivity contribution is 6.34. The molecule has 0 radical (unpaired) electrons. The van der Waals surface area contributed by atoms with Gasteiger partial charge in [-0.1, -0.05) is 35.9 Å². The molecule has 104 valence electrons.